The van der Waals surface area contributed by atoms with Crippen LogP contribution in [0.15, 0.2) is 0 Å². The Labute approximate surface area is 74.1 Å². The standard InChI is InChI=1S/C9H18N2O/c1-4-5-11-8(7(2)3)6-10-9(11)12/h7-8H,4-6H2,1-3H3,(H,10,12)/t8-/m0/s1. The maximum Gasteiger partial charge on any atom is 0.317 e. The lowest BCUT2D eigenvalue weighted by Crippen LogP contribution is -2.37. The fourth-order valence-electron chi connectivity index (χ4n) is 1.66. The van der Waals surface area contributed by atoms with Crippen molar-refractivity contribution in [2.45, 2.75) is 33.2 Å². The van der Waals surface area contributed by atoms with Gasteiger partial charge in [0.15, 0.2) is 0 Å². The molecule has 1 atom stereocenters. The summed E-state index contributed by atoms with van der Waals surface area (Å²) in [5, 5.41) is 2.87. The zero-order chi connectivity index (χ0) is 9.14. The third-order valence-electron chi connectivity index (χ3n) is 2.36. The molecule has 3 nitrogen and oxygen atoms in total. The molecule has 0 aromatic rings. The first-order chi connectivity index (χ1) is 5.66. The molecule has 12 heavy (non-hydrogen) atoms. The minimum atomic E-state index is 0.107. The van der Waals surface area contributed by atoms with Crippen LogP contribution in [0.1, 0.15) is 27.2 Å². The van der Waals surface area contributed by atoms with Gasteiger partial charge in [-0.15, -0.1) is 0 Å². The number of amides is 2. The number of hydrogen-bond donors (Lipinski definition) is 1. The van der Waals surface area contributed by atoms with Gasteiger partial charge in [-0.25, -0.2) is 4.79 Å². The van der Waals surface area contributed by atoms with E-state index in [0.29, 0.717) is 12.0 Å². The first-order valence-electron chi connectivity index (χ1n) is 4.71. The Morgan fingerprint density at radius 3 is 2.83 bits per heavy atom. The van der Waals surface area contributed by atoms with Crippen LogP contribution in [0.5, 0.6) is 0 Å². The van der Waals surface area contributed by atoms with Crippen molar-refractivity contribution in [3.05, 3.63) is 0 Å². The Hall–Kier alpha value is -0.730. The van der Waals surface area contributed by atoms with Gasteiger partial charge in [0.2, 0.25) is 0 Å². The molecule has 0 bridgehead atoms. The van der Waals surface area contributed by atoms with Gasteiger partial charge in [0, 0.05) is 13.1 Å². The fourth-order valence-corrected chi connectivity index (χ4v) is 1.66. The molecule has 1 rings (SSSR count). The van der Waals surface area contributed by atoms with E-state index >= 15 is 0 Å². The van der Waals surface area contributed by atoms with E-state index in [2.05, 4.69) is 26.1 Å². The van der Waals surface area contributed by atoms with Gasteiger partial charge in [-0.3, -0.25) is 0 Å². The summed E-state index contributed by atoms with van der Waals surface area (Å²) in [6.45, 7) is 8.12. The van der Waals surface area contributed by atoms with Gasteiger partial charge < -0.3 is 10.2 Å². The molecule has 2 amide bonds. The van der Waals surface area contributed by atoms with Crippen molar-refractivity contribution in [2.75, 3.05) is 13.1 Å². The van der Waals surface area contributed by atoms with Crippen molar-refractivity contribution in [2.24, 2.45) is 5.92 Å². The normalized spacial score (nSPS) is 23.5. The summed E-state index contributed by atoms with van der Waals surface area (Å²) in [6, 6.07) is 0.507. The number of hydrogen-bond acceptors (Lipinski definition) is 1. The van der Waals surface area contributed by atoms with E-state index in [4.69, 9.17) is 0 Å². The zero-order valence-electron chi connectivity index (χ0n) is 8.13. The molecule has 0 spiro atoms. The first-order valence-corrected chi connectivity index (χ1v) is 4.71. The molecule has 0 aromatic carbocycles. The average molecular weight is 170 g/mol. The van der Waals surface area contributed by atoms with Crippen LogP contribution in [0.2, 0.25) is 0 Å². The van der Waals surface area contributed by atoms with Crippen molar-refractivity contribution in [3.63, 3.8) is 0 Å². The molecule has 0 aliphatic carbocycles. The molecule has 1 aliphatic heterocycles. The molecule has 1 aliphatic rings. The highest BCUT2D eigenvalue weighted by Gasteiger charge is 2.31. The van der Waals surface area contributed by atoms with E-state index in [9.17, 15) is 4.79 Å². The van der Waals surface area contributed by atoms with Crippen LogP contribution in [-0.2, 0) is 0 Å². The summed E-state index contributed by atoms with van der Waals surface area (Å²) >= 11 is 0. The molecular weight excluding hydrogens is 152 g/mol. The second-order valence-corrected chi connectivity index (χ2v) is 3.69. The molecule has 0 unspecified atom stereocenters. The maximum atomic E-state index is 11.3. The number of carbonyl (C=O) groups is 1. The quantitative estimate of drug-likeness (QED) is 0.683. The average Bonchev–Trinajstić information content (AvgIpc) is 2.34. The van der Waals surface area contributed by atoms with Crippen LogP contribution in [0.3, 0.4) is 0 Å². The molecule has 3 heteroatoms. The third-order valence-corrected chi connectivity index (χ3v) is 2.36. The van der Waals surface area contributed by atoms with Crippen LogP contribution in [0.4, 0.5) is 4.79 Å². The van der Waals surface area contributed by atoms with E-state index in [1.54, 1.807) is 0 Å². The van der Waals surface area contributed by atoms with Gasteiger partial charge >= 0.3 is 6.03 Å². The highest BCUT2D eigenvalue weighted by molar-refractivity contribution is 5.76. The van der Waals surface area contributed by atoms with Gasteiger partial charge in [0.1, 0.15) is 0 Å². The largest absolute Gasteiger partial charge is 0.336 e. The van der Waals surface area contributed by atoms with E-state index in [1.165, 1.54) is 0 Å². The number of urea groups is 1. The summed E-state index contributed by atoms with van der Waals surface area (Å²) in [5.41, 5.74) is 0. The van der Waals surface area contributed by atoms with E-state index in [1.807, 2.05) is 4.90 Å². The minimum Gasteiger partial charge on any atom is -0.336 e. The monoisotopic (exact) mass is 170 g/mol. The second-order valence-electron chi connectivity index (χ2n) is 3.69. The lowest BCUT2D eigenvalue weighted by molar-refractivity contribution is 0.190. The molecular formula is C9H18N2O. The SMILES string of the molecule is CCCN1C(=O)NC[C@H]1C(C)C. The van der Waals surface area contributed by atoms with Crippen LogP contribution in [-0.4, -0.2) is 30.1 Å². The Kier molecular flexibility index (Phi) is 2.95. The summed E-state index contributed by atoms with van der Waals surface area (Å²) in [4.78, 5) is 13.2. The topological polar surface area (TPSA) is 32.3 Å². The first kappa shape index (κ1) is 9.36. The highest BCUT2D eigenvalue weighted by atomic mass is 16.2. The number of rotatable bonds is 3. The van der Waals surface area contributed by atoms with Gasteiger partial charge in [0.05, 0.1) is 6.04 Å². The van der Waals surface area contributed by atoms with Crippen LogP contribution >= 0.6 is 0 Å². The van der Waals surface area contributed by atoms with Gasteiger partial charge in [-0.05, 0) is 12.3 Å². The molecule has 1 heterocycles. The van der Waals surface area contributed by atoms with E-state index in [0.717, 1.165) is 19.5 Å². The van der Waals surface area contributed by atoms with E-state index < -0.39 is 0 Å². The van der Waals surface area contributed by atoms with Crippen molar-refractivity contribution < 1.29 is 4.79 Å². The Bertz CT molecular complexity index is 168. The van der Waals surface area contributed by atoms with E-state index in [-0.39, 0.29) is 6.03 Å². The molecule has 0 radical (unpaired) electrons. The van der Waals surface area contributed by atoms with Crippen molar-refractivity contribution in [1.29, 1.82) is 0 Å². The summed E-state index contributed by atoms with van der Waals surface area (Å²) < 4.78 is 0. The van der Waals surface area contributed by atoms with Crippen LogP contribution in [0, 0.1) is 5.92 Å². The van der Waals surface area contributed by atoms with Crippen LogP contribution < -0.4 is 5.32 Å². The maximum absolute atomic E-state index is 11.3. The highest BCUT2D eigenvalue weighted by Crippen LogP contribution is 2.15. The molecule has 0 saturated carbocycles. The molecule has 1 fully saturated rings. The fraction of sp³-hybridized carbons (Fsp3) is 0.889. The zero-order valence-corrected chi connectivity index (χ0v) is 8.13. The number of carbonyl (C=O) groups excluding carboxylic acids is 1. The number of nitrogens with zero attached hydrogens (tertiary/aromatic N) is 1. The Morgan fingerprint density at radius 2 is 2.33 bits per heavy atom. The smallest absolute Gasteiger partial charge is 0.317 e. The van der Waals surface area contributed by atoms with Gasteiger partial charge in [0.25, 0.3) is 0 Å². The molecule has 1 N–H and O–H groups in total. The second kappa shape index (κ2) is 3.78. The van der Waals surface area contributed by atoms with Crippen molar-refractivity contribution in [3.8, 4) is 0 Å². The predicted molar refractivity (Wildman–Crippen MR) is 49.0 cm³/mol. The molecule has 0 aromatic heterocycles. The van der Waals surface area contributed by atoms with Crippen LogP contribution in [0.25, 0.3) is 0 Å². The Balaban J connectivity index is 2.57. The minimum absolute atomic E-state index is 0.107. The lowest BCUT2D eigenvalue weighted by atomic mass is 10.0. The van der Waals surface area contributed by atoms with Crippen molar-refractivity contribution in [1.82, 2.24) is 10.2 Å². The third kappa shape index (κ3) is 1.71. The molecule has 1 saturated heterocycles. The lowest BCUT2D eigenvalue weighted by Gasteiger charge is -2.25. The molecule has 70 valence electrons. The summed E-state index contributed by atoms with van der Waals surface area (Å²) in [7, 11) is 0. The summed E-state index contributed by atoms with van der Waals surface area (Å²) in [5.74, 6) is 0.551. The summed E-state index contributed by atoms with van der Waals surface area (Å²) in [6.07, 6.45) is 1.04. The van der Waals surface area contributed by atoms with Gasteiger partial charge in [-0.1, -0.05) is 20.8 Å². The van der Waals surface area contributed by atoms with Gasteiger partial charge in [-0.2, -0.15) is 0 Å². The predicted octanol–water partition coefficient (Wildman–Crippen LogP) is 1.45. The Morgan fingerprint density at radius 1 is 1.67 bits per heavy atom. The van der Waals surface area contributed by atoms with Crippen molar-refractivity contribution >= 4 is 6.03 Å². The number of nitrogens with one attached hydrogen (secondary N) is 1.